The predicted octanol–water partition coefficient (Wildman–Crippen LogP) is 1.90. The highest BCUT2D eigenvalue weighted by Gasteiger charge is 2.40. The van der Waals surface area contributed by atoms with Crippen LogP contribution in [0.25, 0.3) is 0 Å². The molecule has 0 aromatic heterocycles. The van der Waals surface area contributed by atoms with Crippen LogP contribution < -0.4 is 0 Å². The van der Waals surface area contributed by atoms with Crippen molar-refractivity contribution in [3.8, 4) is 0 Å². The lowest BCUT2D eigenvalue weighted by atomic mass is 9.80. The van der Waals surface area contributed by atoms with Crippen LogP contribution in [0.2, 0.25) is 0 Å². The van der Waals surface area contributed by atoms with Crippen LogP contribution in [-0.4, -0.2) is 31.7 Å². The van der Waals surface area contributed by atoms with Crippen LogP contribution in [0.5, 0.6) is 0 Å². The van der Waals surface area contributed by atoms with Gasteiger partial charge in [0.25, 0.3) is 0 Å². The third-order valence-electron chi connectivity index (χ3n) is 2.83. The summed E-state index contributed by atoms with van der Waals surface area (Å²) in [4.78, 5) is 0. The summed E-state index contributed by atoms with van der Waals surface area (Å²) in [5.41, 5.74) is -0.229. The quantitative estimate of drug-likeness (QED) is 0.712. The normalized spacial score (nSPS) is 27.8. The Balaban J connectivity index is 2.75. The Morgan fingerprint density at radius 3 is 2.23 bits per heavy atom. The van der Waals surface area contributed by atoms with E-state index >= 15 is 0 Å². The van der Waals surface area contributed by atoms with Crippen molar-refractivity contribution < 1.29 is 8.42 Å². The van der Waals surface area contributed by atoms with Gasteiger partial charge >= 0.3 is 0 Å². The molecule has 1 fully saturated rings. The lowest BCUT2D eigenvalue weighted by Crippen LogP contribution is -2.32. The lowest BCUT2D eigenvalue weighted by Gasteiger charge is -2.30. The lowest BCUT2D eigenvalue weighted by molar-refractivity contribution is 0.278. The molecule has 78 valence electrons. The molecular formula is C8H14Cl2O2S. The van der Waals surface area contributed by atoms with Crippen LogP contribution in [0, 0.1) is 11.3 Å². The Morgan fingerprint density at radius 1 is 1.38 bits per heavy atom. The summed E-state index contributed by atoms with van der Waals surface area (Å²) in [6, 6.07) is 0. The average Bonchev–Trinajstić information content (AvgIpc) is 2.45. The van der Waals surface area contributed by atoms with E-state index in [0.717, 1.165) is 0 Å². The Bertz CT molecular complexity index is 270. The van der Waals surface area contributed by atoms with Gasteiger partial charge in [0, 0.05) is 11.8 Å². The number of hydrogen-bond donors (Lipinski definition) is 0. The second-order valence-corrected chi connectivity index (χ2v) is 6.78. The monoisotopic (exact) mass is 244 g/mol. The minimum Gasteiger partial charge on any atom is -0.229 e. The van der Waals surface area contributed by atoms with Gasteiger partial charge in [-0.05, 0) is 17.8 Å². The molecule has 1 atom stereocenters. The summed E-state index contributed by atoms with van der Waals surface area (Å²) in [6.45, 7) is 1.96. The Labute approximate surface area is 89.5 Å². The van der Waals surface area contributed by atoms with Gasteiger partial charge in [0.1, 0.15) is 0 Å². The van der Waals surface area contributed by atoms with Gasteiger partial charge in [-0.25, -0.2) is 8.42 Å². The van der Waals surface area contributed by atoms with Crippen molar-refractivity contribution in [3.63, 3.8) is 0 Å². The molecule has 1 aliphatic rings. The minimum atomic E-state index is -2.82. The van der Waals surface area contributed by atoms with Crippen molar-refractivity contribution in [2.45, 2.75) is 13.3 Å². The summed E-state index contributed by atoms with van der Waals surface area (Å²) in [5, 5.41) is 0. The second kappa shape index (κ2) is 3.95. The van der Waals surface area contributed by atoms with Crippen molar-refractivity contribution in [2.75, 3.05) is 23.3 Å². The Kier molecular flexibility index (Phi) is 3.53. The molecule has 1 saturated heterocycles. The van der Waals surface area contributed by atoms with E-state index in [1.54, 1.807) is 0 Å². The topological polar surface area (TPSA) is 34.1 Å². The summed E-state index contributed by atoms with van der Waals surface area (Å²) in [6.07, 6.45) is 0.707. The van der Waals surface area contributed by atoms with Gasteiger partial charge in [0.15, 0.2) is 9.84 Å². The zero-order valence-electron chi connectivity index (χ0n) is 7.59. The first-order valence-electron chi connectivity index (χ1n) is 4.26. The molecule has 0 radical (unpaired) electrons. The number of sulfone groups is 1. The van der Waals surface area contributed by atoms with Crippen LogP contribution in [0.15, 0.2) is 0 Å². The Morgan fingerprint density at radius 2 is 1.92 bits per heavy atom. The first-order valence-corrected chi connectivity index (χ1v) is 7.15. The highest BCUT2D eigenvalue weighted by Crippen LogP contribution is 2.37. The SMILES string of the molecule is CC(CCl)(CCl)C1CCS(=O)(=O)C1. The Hall–Kier alpha value is 0.530. The summed E-state index contributed by atoms with van der Waals surface area (Å²) in [7, 11) is -2.82. The molecule has 13 heavy (non-hydrogen) atoms. The number of rotatable bonds is 3. The van der Waals surface area contributed by atoms with Gasteiger partial charge in [-0.2, -0.15) is 0 Å². The molecule has 0 aromatic carbocycles. The molecule has 1 heterocycles. The molecule has 1 unspecified atom stereocenters. The third-order valence-corrected chi connectivity index (χ3v) is 5.82. The van der Waals surface area contributed by atoms with Gasteiger partial charge < -0.3 is 0 Å². The smallest absolute Gasteiger partial charge is 0.150 e. The van der Waals surface area contributed by atoms with Crippen molar-refractivity contribution in [1.82, 2.24) is 0 Å². The van der Waals surface area contributed by atoms with E-state index in [1.165, 1.54) is 0 Å². The van der Waals surface area contributed by atoms with E-state index in [9.17, 15) is 8.42 Å². The third kappa shape index (κ3) is 2.51. The summed E-state index contributed by atoms with van der Waals surface area (Å²) < 4.78 is 22.5. The van der Waals surface area contributed by atoms with Crippen molar-refractivity contribution in [1.29, 1.82) is 0 Å². The van der Waals surface area contributed by atoms with E-state index in [-0.39, 0.29) is 17.1 Å². The van der Waals surface area contributed by atoms with Crippen LogP contribution in [0.4, 0.5) is 0 Å². The van der Waals surface area contributed by atoms with E-state index in [2.05, 4.69) is 0 Å². The van der Waals surface area contributed by atoms with Gasteiger partial charge in [-0.15, -0.1) is 23.2 Å². The molecule has 0 aromatic rings. The predicted molar refractivity (Wildman–Crippen MR) is 56.3 cm³/mol. The molecule has 5 heteroatoms. The van der Waals surface area contributed by atoms with Crippen LogP contribution >= 0.6 is 23.2 Å². The zero-order chi connectivity index (χ0) is 10.1. The van der Waals surface area contributed by atoms with Crippen molar-refractivity contribution >= 4 is 33.0 Å². The molecule has 1 rings (SSSR count). The first-order chi connectivity index (χ1) is 5.93. The van der Waals surface area contributed by atoms with Crippen LogP contribution in [0.1, 0.15) is 13.3 Å². The maximum Gasteiger partial charge on any atom is 0.150 e. The van der Waals surface area contributed by atoms with Gasteiger partial charge in [0.2, 0.25) is 0 Å². The highest BCUT2D eigenvalue weighted by molar-refractivity contribution is 7.91. The molecule has 0 bridgehead atoms. The van der Waals surface area contributed by atoms with Crippen LogP contribution in [-0.2, 0) is 9.84 Å². The molecule has 0 N–H and O–H groups in total. The maximum absolute atomic E-state index is 11.2. The van der Waals surface area contributed by atoms with Gasteiger partial charge in [-0.3, -0.25) is 0 Å². The molecular weight excluding hydrogens is 231 g/mol. The standard InChI is InChI=1S/C8H14Cl2O2S/c1-8(5-9,6-10)7-2-3-13(11,12)4-7/h7H,2-6H2,1H3. The van der Waals surface area contributed by atoms with Gasteiger partial charge in [0.05, 0.1) is 11.5 Å². The van der Waals surface area contributed by atoms with Crippen molar-refractivity contribution in [2.24, 2.45) is 11.3 Å². The number of hydrogen-bond acceptors (Lipinski definition) is 2. The minimum absolute atomic E-state index is 0.132. The van der Waals surface area contributed by atoms with E-state index in [1.807, 2.05) is 6.92 Å². The fraction of sp³-hybridized carbons (Fsp3) is 1.00. The molecule has 0 spiro atoms. The van der Waals surface area contributed by atoms with Gasteiger partial charge in [-0.1, -0.05) is 6.92 Å². The fourth-order valence-electron chi connectivity index (χ4n) is 1.60. The average molecular weight is 245 g/mol. The zero-order valence-corrected chi connectivity index (χ0v) is 9.92. The van der Waals surface area contributed by atoms with E-state index in [4.69, 9.17) is 23.2 Å². The fourth-order valence-corrected chi connectivity index (χ4v) is 4.31. The largest absolute Gasteiger partial charge is 0.229 e. The maximum atomic E-state index is 11.2. The van der Waals surface area contributed by atoms with Crippen molar-refractivity contribution in [3.05, 3.63) is 0 Å². The van der Waals surface area contributed by atoms with E-state index in [0.29, 0.717) is 23.9 Å². The number of halogens is 2. The molecule has 0 saturated carbocycles. The van der Waals surface area contributed by atoms with E-state index < -0.39 is 9.84 Å². The number of alkyl halides is 2. The second-order valence-electron chi connectivity index (χ2n) is 4.02. The first kappa shape index (κ1) is 11.6. The highest BCUT2D eigenvalue weighted by atomic mass is 35.5. The molecule has 2 nitrogen and oxygen atoms in total. The molecule has 0 aliphatic carbocycles. The summed E-state index contributed by atoms with van der Waals surface area (Å²) >= 11 is 11.6. The summed E-state index contributed by atoms with van der Waals surface area (Å²) in [5.74, 6) is 1.53. The molecule has 1 aliphatic heterocycles. The molecule has 0 amide bonds. The van der Waals surface area contributed by atoms with Crippen LogP contribution in [0.3, 0.4) is 0 Å².